The Bertz CT molecular complexity index is 299. The van der Waals surface area contributed by atoms with Gasteiger partial charge in [-0.15, -0.1) is 0 Å². The molecule has 1 heterocycles. The Morgan fingerprint density at radius 2 is 2.10 bits per heavy atom. The van der Waals surface area contributed by atoms with Crippen LogP contribution in [0.5, 0.6) is 0 Å². The molecule has 2 N–H and O–H groups in total. The van der Waals surface area contributed by atoms with E-state index in [1.807, 2.05) is 11.8 Å². The van der Waals surface area contributed by atoms with Crippen LogP contribution in [0.2, 0.25) is 0 Å². The van der Waals surface area contributed by atoms with E-state index < -0.39 is 0 Å². The number of amides is 1. The zero-order chi connectivity index (χ0) is 15.2. The molecule has 2 atom stereocenters. The van der Waals surface area contributed by atoms with E-state index in [0.29, 0.717) is 18.9 Å². The highest BCUT2D eigenvalue weighted by atomic mass is 16.5. The summed E-state index contributed by atoms with van der Waals surface area (Å²) in [5, 5.41) is 0. The van der Waals surface area contributed by atoms with Crippen LogP contribution in [0, 0.1) is 5.92 Å². The number of hydrogen-bond acceptors (Lipinski definition) is 3. The Hall–Kier alpha value is -0.610. The molecule has 0 aromatic carbocycles. The van der Waals surface area contributed by atoms with Gasteiger partial charge in [0.15, 0.2) is 0 Å². The molecule has 1 aliphatic rings. The van der Waals surface area contributed by atoms with Gasteiger partial charge in [0.05, 0.1) is 11.7 Å². The zero-order valence-electron chi connectivity index (χ0n) is 13.7. The maximum atomic E-state index is 12.4. The molecule has 1 rings (SSSR count). The summed E-state index contributed by atoms with van der Waals surface area (Å²) >= 11 is 0. The minimum absolute atomic E-state index is 0.123. The average Bonchev–Trinajstić information content (AvgIpc) is 2.33. The fourth-order valence-electron chi connectivity index (χ4n) is 3.21. The standard InChI is InChI=1S/C16H32N2O2/c1-5-6-14(9-10-17)7-8-15(19)18-11-13(2)20-16(3,4)12-18/h13-14H,5-12,17H2,1-4H3. The predicted octanol–water partition coefficient (Wildman–Crippen LogP) is 2.56. The van der Waals surface area contributed by atoms with Crippen LogP contribution in [0.3, 0.4) is 0 Å². The van der Waals surface area contributed by atoms with Crippen LogP contribution < -0.4 is 5.73 Å². The molecule has 2 unspecified atom stereocenters. The Kier molecular flexibility index (Phi) is 6.96. The van der Waals surface area contributed by atoms with E-state index in [0.717, 1.165) is 25.9 Å². The van der Waals surface area contributed by atoms with Crippen molar-refractivity contribution in [2.45, 2.75) is 71.5 Å². The van der Waals surface area contributed by atoms with Crippen molar-refractivity contribution >= 4 is 5.91 Å². The van der Waals surface area contributed by atoms with Crippen molar-refractivity contribution in [1.82, 2.24) is 4.90 Å². The third-order valence-corrected chi connectivity index (χ3v) is 3.96. The molecular weight excluding hydrogens is 252 g/mol. The number of morpholine rings is 1. The minimum atomic E-state index is -0.229. The molecule has 4 nitrogen and oxygen atoms in total. The van der Waals surface area contributed by atoms with Crippen molar-refractivity contribution in [1.29, 1.82) is 0 Å². The summed E-state index contributed by atoms with van der Waals surface area (Å²) in [5.74, 6) is 0.867. The quantitative estimate of drug-likeness (QED) is 0.781. The summed E-state index contributed by atoms with van der Waals surface area (Å²) in [6.45, 7) is 10.5. The largest absolute Gasteiger partial charge is 0.369 e. The normalized spacial score (nSPS) is 23.6. The molecule has 1 amide bonds. The number of carbonyl (C=O) groups is 1. The highest BCUT2D eigenvalue weighted by Crippen LogP contribution is 2.23. The second-order valence-electron chi connectivity index (χ2n) is 6.73. The van der Waals surface area contributed by atoms with Gasteiger partial charge in [0.2, 0.25) is 5.91 Å². The van der Waals surface area contributed by atoms with Crippen molar-refractivity contribution in [2.24, 2.45) is 11.7 Å². The second kappa shape index (κ2) is 7.99. The first-order valence-corrected chi connectivity index (χ1v) is 8.03. The van der Waals surface area contributed by atoms with Crippen molar-refractivity contribution in [3.05, 3.63) is 0 Å². The molecule has 0 radical (unpaired) electrons. The molecule has 0 aliphatic carbocycles. The van der Waals surface area contributed by atoms with E-state index in [1.54, 1.807) is 0 Å². The third-order valence-electron chi connectivity index (χ3n) is 3.96. The summed E-state index contributed by atoms with van der Waals surface area (Å²) in [6, 6.07) is 0. The van der Waals surface area contributed by atoms with Crippen molar-refractivity contribution in [3.8, 4) is 0 Å². The SMILES string of the molecule is CCCC(CCN)CCC(=O)N1CC(C)OC(C)(C)C1. The fraction of sp³-hybridized carbons (Fsp3) is 0.938. The number of rotatable bonds is 7. The molecule has 20 heavy (non-hydrogen) atoms. The third kappa shape index (κ3) is 5.80. The van der Waals surface area contributed by atoms with Crippen LogP contribution in [0.1, 0.15) is 59.8 Å². The number of ether oxygens (including phenoxy) is 1. The Labute approximate surface area is 124 Å². The van der Waals surface area contributed by atoms with Crippen LogP contribution in [-0.2, 0) is 9.53 Å². The monoisotopic (exact) mass is 284 g/mol. The summed E-state index contributed by atoms with van der Waals surface area (Å²) < 4.78 is 5.85. The lowest BCUT2D eigenvalue weighted by Gasteiger charge is -2.41. The lowest BCUT2D eigenvalue weighted by Crippen LogP contribution is -2.53. The molecule has 1 saturated heterocycles. The van der Waals surface area contributed by atoms with E-state index in [2.05, 4.69) is 20.8 Å². The molecule has 4 heteroatoms. The Morgan fingerprint density at radius 1 is 1.40 bits per heavy atom. The molecule has 0 spiro atoms. The van der Waals surface area contributed by atoms with Gasteiger partial charge in [-0.3, -0.25) is 4.79 Å². The van der Waals surface area contributed by atoms with Gasteiger partial charge in [0.25, 0.3) is 0 Å². The highest BCUT2D eigenvalue weighted by Gasteiger charge is 2.33. The number of carbonyl (C=O) groups excluding carboxylic acids is 1. The van der Waals surface area contributed by atoms with E-state index in [1.165, 1.54) is 12.8 Å². The van der Waals surface area contributed by atoms with Crippen molar-refractivity contribution < 1.29 is 9.53 Å². The van der Waals surface area contributed by atoms with Gasteiger partial charge in [-0.2, -0.15) is 0 Å². The Balaban J connectivity index is 2.45. The van der Waals surface area contributed by atoms with Crippen LogP contribution in [-0.4, -0.2) is 42.1 Å². The maximum Gasteiger partial charge on any atom is 0.222 e. The first kappa shape index (κ1) is 17.4. The average molecular weight is 284 g/mol. The van der Waals surface area contributed by atoms with Crippen LogP contribution >= 0.6 is 0 Å². The first-order chi connectivity index (χ1) is 9.38. The summed E-state index contributed by atoms with van der Waals surface area (Å²) in [5.41, 5.74) is 5.42. The zero-order valence-corrected chi connectivity index (χ0v) is 13.7. The van der Waals surface area contributed by atoms with E-state index in [4.69, 9.17) is 10.5 Å². The number of nitrogens with zero attached hydrogens (tertiary/aromatic N) is 1. The molecule has 1 fully saturated rings. The van der Waals surface area contributed by atoms with Crippen LogP contribution in [0.4, 0.5) is 0 Å². The molecule has 0 aromatic heterocycles. The molecule has 1 aliphatic heterocycles. The molecular formula is C16H32N2O2. The molecule has 0 aromatic rings. The van der Waals surface area contributed by atoms with Gasteiger partial charge in [0.1, 0.15) is 0 Å². The smallest absolute Gasteiger partial charge is 0.222 e. The predicted molar refractivity (Wildman–Crippen MR) is 82.5 cm³/mol. The van der Waals surface area contributed by atoms with Gasteiger partial charge in [-0.05, 0) is 46.1 Å². The summed E-state index contributed by atoms with van der Waals surface area (Å²) in [7, 11) is 0. The van der Waals surface area contributed by atoms with Gasteiger partial charge >= 0.3 is 0 Å². The van der Waals surface area contributed by atoms with Gasteiger partial charge in [-0.1, -0.05) is 19.8 Å². The molecule has 0 saturated carbocycles. The second-order valence-corrected chi connectivity index (χ2v) is 6.73. The number of nitrogens with two attached hydrogens (primary N) is 1. The van der Waals surface area contributed by atoms with Gasteiger partial charge in [0, 0.05) is 19.5 Å². The van der Waals surface area contributed by atoms with E-state index >= 15 is 0 Å². The maximum absolute atomic E-state index is 12.4. The summed E-state index contributed by atoms with van der Waals surface area (Å²) in [4.78, 5) is 14.4. The minimum Gasteiger partial charge on any atom is -0.369 e. The molecule has 0 bridgehead atoms. The number of hydrogen-bond donors (Lipinski definition) is 1. The molecule has 118 valence electrons. The van der Waals surface area contributed by atoms with Crippen LogP contribution in [0.15, 0.2) is 0 Å². The lowest BCUT2D eigenvalue weighted by atomic mass is 9.94. The van der Waals surface area contributed by atoms with Gasteiger partial charge < -0.3 is 15.4 Å². The summed E-state index contributed by atoms with van der Waals surface area (Å²) in [6.07, 6.45) is 5.11. The fourth-order valence-corrected chi connectivity index (χ4v) is 3.21. The van der Waals surface area contributed by atoms with Crippen LogP contribution in [0.25, 0.3) is 0 Å². The van der Waals surface area contributed by atoms with Gasteiger partial charge in [-0.25, -0.2) is 0 Å². The topological polar surface area (TPSA) is 55.6 Å². The van der Waals surface area contributed by atoms with Crippen molar-refractivity contribution in [3.63, 3.8) is 0 Å². The van der Waals surface area contributed by atoms with E-state index in [9.17, 15) is 4.79 Å². The van der Waals surface area contributed by atoms with E-state index in [-0.39, 0.29) is 17.6 Å². The van der Waals surface area contributed by atoms with Crippen molar-refractivity contribution in [2.75, 3.05) is 19.6 Å². The first-order valence-electron chi connectivity index (χ1n) is 8.03. The lowest BCUT2D eigenvalue weighted by molar-refractivity contribution is -0.158. The Morgan fingerprint density at radius 3 is 2.65 bits per heavy atom. The highest BCUT2D eigenvalue weighted by molar-refractivity contribution is 5.76.